The van der Waals surface area contributed by atoms with E-state index in [9.17, 15) is 8.78 Å². The van der Waals surface area contributed by atoms with Gasteiger partial charge >= 0.3 is 0 Å². The summed E-state index contributed by atoms with van der Waals surface area (Å²) in [4.78, 5) is 14.8. The maximum absolute atomic E-state index is 13.4. The second-order valence-electron chi connectivity index (χ2n) is 12.2. The quantitative estimate of drug-likeness (QED) is 0.223. The van der Waals surface area contributed by atoms with Crippen LogP contribution in [0, 0.1) is 6.92 Å². The number of nitrogens with zero attached hydrogens (tertiary/aromatic N) is 8. The molecule has 4 atom stereocenters. The third kappa shape index (κ3) is 5.39. The van der Waals surface area contributed by atoms with Gasteiger partial charge in [-0.2, -0.15) is 4.98 Å². The normalized spacial score (nSPS) is 21.8. The molecular formula is C33H38F2N8O2. The van der Waals surface area contributed by atoms with Crippen molar-refractivity contribution in [3.05, 3.63) is 77.4 Å². The van der Waals surface area contributed by atoms with Crippen LogP contribution in [0.2, 0.25) is 0 Å². The van der Waals surface area contributed by atoms with E-state index < -0.39 is 6.43 Å². The molecule has 5 aromatic rings. The number of hydrogen-bond acceptors (Lipinski definition) is 8. The topological polar surface area (TPSA) is 85.8 Å². The van der Waals surface area contributed by atoms with Gasteiger partial charge in [-0.05, 0) is 56.9 Å². The number of piperazine rings is 1. The van der Waals surface area contributed by atoms with Crippen molar-refractivity contribution in [1.29, 1.82) is 0 Å². The lowest BCUT2D eigenvalue weighted by molar-refractivity contribution is 0.0972. The molecule has 2 aromatic carbocycles. The molecule has 236 valence electrons. The van der Waals surface area contributed by atoms with E-state index in [2.05, 4.69) is 50.5 Å². The lowest BCUT2D eigenvalue weighted by Crippen LogP contribution is -2.57. The third-order valence-corrected chi connectivity index (χ3v) is 9.29. The highest BCUT2D eigenvalue weighted by molar-refractivity contribution is 5.87. The number of anilines is 1. The highest BCUT2D eigenvalue weighted by atomic mass is 19.3. The molecule has 0 aliphatic carbocycles. The SMILES string of the molecule is COc1ccc([C@H](c2ccc(C(F)F)cc2)N2C[C@H](C)N(c3nc4nncn4c4c3nc(C)n4C[C@@H]3CCCO3)C[C@H]2C)cc1. The number of rotatable bonds is 8. The standard InChI is InChI=1S/C33H38F2N8O2/c1-20-17-41(31-28-32(43-19-36-39-33(43)38-31)42(22(3)37-28)18-27-6-5-15-45-27)21(2)16-40(20)29(24-11-13-26(44-4)14-12-24)23-7-9-25(10-8-23)30(34)35/h7-14,19-21,27,29-30H,5-6,15-18H2,1-4H3/t20-,21+,27+,29+/m1/s1. The van der Waals surface area contributed by atoms with Gasteiger partial charge in [0, 0.05) is 37.3 Å². The van der Waals surface area contributed by atoms with Crippen LogP contribution in [-0.2, 0) is 11.3 Å². The van der Waals surface area contributed by atoms with E-state index in [1.54, 1.807) is 13.4 Å². The van der Waals surface area contributed by atoms with Gasteiger partial charge < -0.3 is 18.9 Å². The molecular weight excluding hydrogens is 578 g/mol. The molecule has 0 N–H and O–H groups in total. The Morgan fingerprint density at radius 2 is 1.67 bits per heavy atom. The molecule has 2 saturated heterocycles. The average Bonchev–Trinajstić information content (AvgIpc) is 3.80. The van der Waals surface area contributed by atoms with Gasteiger partial charge in [0.2, 0.25) is 0 Å². The number of aryl methyl sites for hydroxylation is 1. The van der Waals surface area contributed by atoms with Gasteiger partial charge in [0.15, 0.2) is 11.5 Å². The predicted octanol–water partition coefficient (Wildman–Crippen LogP) is 5.60. The van der Waals surface area contributed by atoms with E-state index in [1.807, 2.05) is 35.6 Å². The Hall–Kier alpha value is -4.16. The van der Waals surface area contributed by atoms with Crippen LogP contribution in [0.1, 0.15) is 61.7 Å². The lowest BCUT2D eigenvalue weighted by atomic mass is 9.93. The minimum Gasteiger partial charge on any atom is -0.497 e. The smallest absolute Gasteiger partial charge is 0.263 e. The molecule has 0 bridgehead atoms. The third-order valence-electron chi connectivity index (χ3n) is 9.29. The van der Waals surface area contributed by atoms with Crippen molar-refractivity contribution in [1.82, 2.24) is 34.0 Å². The number of fused-ring (bicyclic) bond motifs is 3. The van der Waals surface area contributed by atoms with Crippen LogP contribution in [0.4, 0.5) is 14.6 Å². The summed E-state index contributed by atoms with van der Waals surface area (Å²) in [6.45, 7) is 9.33. The van der Waals surface area contributed by atoms with E-state index >= 15 is 0 Å². The first kappa shape index (κ1) is 29.5. The van der Waals surface area contributed by atoms with Crippen LogP contribution >= 0.6 is 0 Å². The number of ether oxygens (including phenoxy) is 2. The zero-order valence-electron chi connectivity index (χ0n) is 26.0. The first-order valence-corrected chi connectivity index (χ1v) is 15.5. The van der Waals surface area contributed by atoms with Crippen molar-refractivity contribution in [2.75, 3.05) is 31.7 Å². The highest BCUT2D eigenvalue weighted by Gasteiger charge is 2.37. The molecule has 5 heterocycles. The summed E-state index contributed by atoms with van der Waals surface area (Å²) in [5, 5.41) is 8.52. The van der Waals surface area contributed by atoms with Gasteiger partial charge in [-0.15, -0.1) is 10.2 Å². The Morgan fingerprint density at radius 1 is 0.956 bits per heavy atom. The monoisotopic (exact) mass is 616 g/mol. The summed E-state index contributed by atoms with van der Waals surface area (Å²) in [6, 6.07) is 14.7. The fourth-order valence-corrected chi connectivity index (χ4v) is 6.95. The molecule has 0 saturated carbocycles. The lowest BCUT2D eigenvalue weighted by Gasteiger charge is -2.48. The Bertz CT molecular complexity index is 1780. The second-order valence-corrected chi connectivity index (χ2v) is 12.2. The fourth-order valence-electron chi connectivity index (χ4n) is 6.95. The molecule has 7 rings (SSSR count). The summed E-state index contributed by atoms with van der Waals surface area (Å²) in [5.74, 6) is 2.99. The minimum atomic E-state index is -2.51. The first-order chi connectivity index (χ1) is 21.8. The number of imidazole rings is 1. The van der Waals surface area contributed by atoms with E-state index in [0.717, 1.165) is 59.1 Å². The number of aromatic nitrogens is 6. The Balaban J connectivity index is 1.25. The maximum atomic E-state index is 13.4. The Kier molecular flexibility index (Phi) is 7.86. The van der Waals surface area contributed by atoms with Crippen molar-refractivity contribution in [2.24, 2.45) is 0 Å². The molecule has 0 spiro atoms. The molecule has 2 aliphatic heterocycles. The van der Waals surface area contributed by atoms with Crippen LogP contribution < -0.4 is 9.64 Å². The molecule has 0 radical (unpaired) electrons. The summed E-state index contributed by atoms with van der Waals surface area (Å²) in [7, 11) is 1.65. The zero-order valence-corrected chi connectivity index (χ0v) is 26.0. The molecule has 45 heavy (non-hydrogen) atoms. The minimum absolute atomic E-state index is 0.0201. The highest BCUT2D eigenvalue weighted by Crippen LogP contribution is 2.37. The van der Waals surface area contributed by atoms with Crippen molar-refractivity contribution in [3.8, 4) is 5.75 Å². The molecule has 12 heteroatoms. The van der Waals surface area contributed by atoms with E-state index in [1.165, 1.54) is 12.1 Å². The summed E-state index contributed by atoms with van der Waals surface area (Å²) < 4.78 is 42.4. The van der Waals surface area contributed by atoms with Gasteiger partial charge in [0.05, 0.1) is 25.8 Å². The van der Waals surface area contributed by atoms with Gasteiger partial charge in [-0.3, -0.25) is 4.90 Å². The van der Waals surface area contributed by atoms with Crippen LogP contribution in [0.5, 0.6) is 5.75 Å². The van der Waals surface area contributed by atoms with Gasteiger partial charge in [-0.25, -0.2) is 18.2 Å². The van der Waals surface area contributed by atoms with E-state index in [4.69, 9.17) is 19.4 Å². The van der Waals surface area contributed by atoms with Crippen LogP contribution in [0.15, 0.2) is 54.9 Å². The molecule has 10 nitrogen and oxygen atoms in total. The Labute approximate surface area is 260 Å². The number of benzene rings is 2. The largest absolute Gasteiger partial charge is 0.497 e. The number of halogens is 2. The van der Waals surface area contributed by atoms with Crippen molar-refractivity contribution < 1.29 is 18.3 Å². The predicted molar refractivity (Wildman–Crippen MR) is 167 cm³/mol. The first-order valence-electron chi connectivity index (χ1n) is 15.5. The fraction of sp³-hybridized carbons (Fsp3) is 0.455. The molecule has 2 fully saturated rings. The zero-order chi connectivity index (χ0) is 31.2. The van der Waals surface area contributed by atoms with E-state index in [-0.39, 0.29) is 29.8 Å². The second kappa shape index (κ2) is 12.0. The molecule has 3 aromatic heterocycles. The number of methoxy groups -OCH3 is 1. The van der Waals surface area contributed by atoms with Crippen molar-refractivity contribution >= 4 is 22.8 Å². The van der Waals surface area contributed by atoms with Gasteiger partial charge in [0.25, 0.3) is 12.2 Å². The molecule has 0 unspecified atom stereocenters. The Morgan fingerprint density at radius 3 is 2.33 bits per heavy atom. The van der Waals surface area contributed by atoms with Gasteiger partial charge in [-0.1, -0.05) is 36.4 Å². The van der Waals surface area contributed by atoms with Crippen LogP contribution in [0.25, 0.3) is 16.9 Å². The van der Waals surface area contributed by atoms with Crippen molar-refractivity contribution in [3.63, 3.8) is 0 Å². The maximum Gasteiger partial charge on any atom is 0.263 e. The average molecular weight is 617 g/mol. The van der Waals surface area contributed by atoms with Crippen LogP contribution in [0.3, 0.4) is 0 Å². The van der Waals surface area contributed by atoms with Crippen LogP contribution in [-0.4, -0.2) is 79.0 Å². The molecule has 0 amide bonds. The summed E-state index contributed by atoms with van der Waals surface area (Å²) in [6.07, 6.45) is 1.43. The number of hydrogen-bond donors (Lipinski definition) is 0. The summed E-state index contributed by atoms with van der Waals surface area (Å²) >= 11 is 0. The summed E-state index contributed by atoms with van der Waals surface area (Å²) in [5.41, 5.74) is 3.80. The van der Waals surface area contributed by atoms with Gasteiger partial charge in [0.1, 0.15) is 23.4 Å². The number of alkyl halides is 2. The van der Waals surface area contributed by atoms with Crippen molar-refractivity contribution in [2.45, 2.75) is 70.8 Å². The molecule has 2 aliphatic rings. The van der Waals surface area contributed by atoms with E-state index in [0.29, 0.717) is 25.4 Å².